The van der Waals surface area contributed by atoms with Gasteiger partial charge in [0.25, 0.3) is 0 Å². The summed E-state index contributed by atoms with van der Waals surface area (Å²) in [6, 6.07) is 18.5. The standard InChI is InChI=1S/C23H17BrCl2O2/c1-15-2-6-17(7-3-15)22(27)10-4-16-5-11-23(20(24)12-16)28-14-18-8-9-19(25)13-21(18)26/h2-13H,14H2,1H3/b10-4+. The maximum absolute atomic E-state index is 12.3. The lowest BCUT2D eigenvalue weighted by molar-refractivity contribution is 0.104. The Labute approximate surface area is 182 Å². The predicted molar refractivity (Wildman–Crippen MR) is 119 cm³/mol. The first kappa shape index (κ1) is 20.7. The van der Waals surface area contributed by atoms with Gasteiger partial charge < -0.3 is 4.74 Å². The Balaban J connectivity index is 1.66. The van der Waals surface area contributed by atoms with Crippen LogP contribution < -0.4 is 4.74 Å². The van der Waals surface area contributed by atoms with Crippen LogP contribution in [0.5, 0.6) is 5.75 Å². The summed E-state index contributed by atoms with van der Waals surface area (Å²) in [6.45, 7) is 2.32. The van der Waals surface area contributed by atoms with E-state index in [2.05, 4.69) is 15.9 Å². The van der Waals surface area contributed by atoms with Gasteiger partial charge in [-0.2, -0.15) is 0 Å². The van der Waals surface area contributed by atoms with Crippen LogP contribution in [-0.4, -0.2) is 5.78 Å². The Hall–Kier alpha value is -2.07. The molecular formula is C23H17BrCl2O2. The Morgan fingerprint density at radius 3 is 2.46 bits per heavy atom. The molecule has 0 aliphatic heterocycles. The molecule has 2 nitrogen and oxygen atoms in total. The van der Waals surface area contributed by atoms with Crippen molar-refractivity contribution in [1.29, 1.82) is 0 Å². The summed E-state index contributed by atoms with van der Waals surface area (Å²) in [5.41, 5.74) is 3.54. The fourth-order valence-electron chi connectivity index (χ4n) is 2.52. The van der Waals surface area contributed by atoms with E-state index in [4.69, 9.17) is 27.9 Å². The van der Waals surface area contributed by atoms with Gasteiger partial charge >= 0.3 is 0 Å². The highest BCUT2D eigenvalue weighted by atomic mass is 79.9. The lowest BCUT2D eigenvalue weighted by Crippen LogP contribution is -1.97. The van der Waals surface area contributed by atoms with Gasteiger partial charge in [-0.3, -0.25) is 4.79 Å². The maximum Gasteiger partial charge on any atom is 0.185 e. The molecule has 0 radical (unpaired) electrons. The number of aryl methyl sites for hydroxylation is 1. The van der Waals surface area contributed by atoms with E-state index in [0.29, 0.717) is 28.0 Å². The highest BCUT2D eigenvalue weighted by molar-refractivity contribution is 9.10. The monoisotopic (exact) mass is 474 g/mol. The molecule has 28 heavy (non-hydrogen) atoms. The quantitative estimate of drug-likeness (QED) is 0.272. The van der Waals surface area contributed by atoms with Crippen LogP contribution in [0.1, 0.15) is 27.0 Å². The van der Waals surface area contributed by atoms with Crippen molar-refractivity contribution < 1.29 is 9.53 Å². The number of hydrogen-bond acceptors (Lipinski definition) is 2. The zero-order chi connectivity index (χ0) is 20.1. The first-order valence-corrected chi connectivity index (χ1v) is 10.1. The molecule has 0 heterocycles. The number of allylic oxidation sites excluding steroid dienone is 1. The number of benzene rings is 3. The van der Waals surface area contributed by atoms with Crippen LogP contribution in [0.2, 0.25) is 10.0 Å². The summed E-state index contributed by atoms with van der Waals surface area (Å²) in [5, 5.41) is 1.16. The number of carbonyl (C=O) groups excluding carboxylic acids is 1. The molecule has 0 N–H and O–H groups in total. The maximum atomic E-state index is 12.3. The highest BCUT2D eigenvalue weighted by Gasteiger charge is 2.06. The molecule has 0 aliphatic carbocycles. The minimum absolute atomic E-state index is 0.0335. The van der Waals surface area contributed by atoms with Crippen LogP contribution in [0.4, 0.5) is 0 Å². The second kappa shape index (κ2) is 9.42. The normalized spacial score (nSPS) is 11.0. The van der Waals surface area contributed by atoms with Gasteiger partial charge in [-0.15, -0.1) is 0 Å². The molecule has 0 atom stereocenters. The second-order valence-electron chi connectivity index (χ2n) is 6.28. The topological polar surface area (TPSA) is 26.3 Å². The fourth-order valence-corrected chi connectivity index (χ4v) is 3.49. The van der Waals surface area contributed by atoms with Crippen molar-refractivity contribution in [2.75, 3.05) is 0 Å². The van der Waals surface area contributed by atoms with Crippen molar-refractivity contribution in [3.63, 3.8) is 0 Å². The van der Waals surface area contributed by atoms with Gasteiger partial charge in [0.2, 0.25) is 0 Å². The van der Waals surface area contributed by atoms with E-state index in [1.165, 1.54) is 0 Å². The van der Waals surface area contributed by atoms with Crippen LogP contribution in [0, 0.1) is 6.92 Å². The summed E-state index contributed by atoms with van der Waals surface area (Å²) in [4.78, 5) is 12.3. The highest BCUT2D eigenvalue weighted by Crippen LogP contribution is 2.29. The Morgan fingerprint density at radius 2 is 1.79 bits per heavy atom. The third kappa shape index (κ3) is 5.48. The Bertz CT molecular complexity index is 1030. The van der Waals surface area contributed by atoms with E-state index in [0.717, 1.165) is 21.2 Å². The number of rotatable bonds is 6. The van der Waals surface area contributed by atoms with Gasteiger partial charge in [-0.05, 0) is 58.8 Å². The minimum Gasteiger partial charge on any atom is -0.488 e. The average Bonchev–Trinajstić information content (AvgIpc) is 2.67. The average molecular weight is 476 g/mol. The zero-order valence-electron chi connectivity index (χ0n) is 15.1. The summed E-state index contributed by atoms with van der Waals surface area (Å²) in [7, 11) is 0. The van der Waals surface area contributed by atoms with E-state index in [1.807, 2.05) is 55.5 Å². The zero-order valence-corrected chi connectivity index (χ0v) is 18.2. The van der Waals surface area contributed by atoms with Crippen molar-refractivity contribution in [3.8, 4) is 5.75 Å². The molecule has 142 valence electrons. The Morgan fingerprint density at radius 1 is 1.04 bits per heavy atom. The van der Waals surface area contributed by atoms with E-state index >= 15 is 0 Å². The molecule has 0 unspecified atom stereocenters. The minimum atomic E-state index is -0.0335. The van der Waals surface area contributed by atoms with Crippen molar-refractivity contribution in [3.05, 3.63) is 104 Å². The summed E-state index contributed by atoms with van der Waals surface area (Å²) in [6.07, 6.45) is 3.35. The van der Waals surface area contributed by atoms with Gasteiger partial charge in [-0.25, -0.2) is 0 Å². The van der Waals surface area contributed by atoms with Crippen LogP contribution in [0.15, 0.2) is 71.2 Å². The molecule has 3 aromatic rings. The van der Waals surface area contributed by atoms with Crippen molar-refractivity contribution in [2.24, 2.45) is 0 Å². The molecule has 3 aromatic carbocycles. The number of ether oxygens (including phenoxy) is 1. The van der Waals surface area contributed by atoms with Gasteiger partial charge in [0, 0.05) is 21.2 Å². The molecule has 0 saturated carbocycles. The van der Waals surface area contributed by atoms with Crippen molar-refractivity contribution in [2.45, 2.75) is 13.5 Å². The lowest BCUT2D eigenvalue weighted by Gasteiger charge is -2.10. The molecule has 0 amide bonds. The molecule has 0 fully saturated rings. The molecule has 0 bridgehead atoms. The van der Waals surface area contributed by atoms with Crippen LogP contribution in [0.3, 0.4) is 0 Å². The van der Waals surface area contributed by atoms with Gasteiger partial charge in [0.15, 0.2) is 5.78 Å². The van der Waals surface area contributed by atoms with Gasteiger partial charge in [-0.1, -0.05) is 71.2 Å². The molecule has 3 rings (SSSR count). The largest absolute Gasteiger partial charge is 0.488 e. The SMILES string of the molecule is Cc1ccc(C(=O)/C=C/c2ccc(OCc3ccc(Cl)cc3Cl)c(Br)c2)cc1. The van der Waals surface area contributed by atoms with Crippen molar-refractivity contribution >= 4 is 51.0 Å². The van der Waals surface area contributed by atoms with Crippen LogP contribution >= 0.6 is 39.1 Å². The van der Waals surface area contributed by atoms with Crippen LogP contribution in [-0.2, 0) is 6.61 Å². The number of hydrogen-bond donors (Lipinski definition) is 0. The molecule has 0 aliphatic rings. The molecule has 5 heteroatoms. The number of halogens is 3. The summed E-state index contributed by atoms with van der Waals surface area (Å²) >= 11 is 15.6. The van der Waals surface area contributed by atoms with Gasteiger partial charge in [0.1, 0.15) is 12.4 Å². The fraction of sp³-hybridized carbons (Fsp3) is 0.0870. The summed E-state index contributed by atoms with van der Waals surface area (Å²) in [5.74, 6) is 0.654. The smallest absolute Gasteiger partial charge is 0.185 e. The van der Waals surface area contributed by atoms with Gasteiger partial charge in [0.05, 0.1) is 4.47 Å². The number of carbonyl (C=O) groups is 1. The molecule has 0 aromatic heterocycles. The van der Waals surface area contributed by atoms with Crippen LogP contribution in [0.25, 0.3) is 6.08 Å². The predicted octanol–water partition coefficient (Wildman–Crippen LogP) is 7.54. The van der Waals surface area contributed by atoms with E-state index in [-0.39, 0.29) is 5.78 Å². The van der Waals surface area contributed by atoms with E-state index < -0.39 is 0 Å². The van der Waals surface area contributed by atoms with E-state index in [9.17, 15) is 4.79 Å². The first-order valence-electron chi connectivity index (χ1n) is 8.58. The van der Waals surface area contributed by atoms with Crippen molar-refractivity contribution in [1.82, 2.24) is 0 Å². The first-order chi connectivity index (χ1) is 13.4. The molecule has 0 spiro atoms. The molecule has 0 saturated heterocycles. The number of ketones is 1. The third-order valence-corrected chi connectivity index (χ3v) is 5.32. The lowest BCUT2D eigenvalue weighted by atomic mass is 10.1. The third-order valence-electron chi connectivity index (χ3n) is 4.12. The Kier molecular flexibility index (Phi) is 6.95. The summed E-state index contributed by atoms with van der Waals surface area (Å²) < 4.78 is 6.63. The second-order valence-corrected chi connectivity index (χ2v) is 7.98. The van der Waals surface area contributed by atoms with E-state index in [1.54, 1.807) is 24.3 Å². The molecular weight excluding hydrogens is 459 g/mol.